The van der Waals surface area contributed by atoms with E-state index in [2.05, 4.69) is 0 Å². The molecule has 0 atom stereocenters. The van der Waals surface area contributed by atoms with E-state index in [4.69, 9.17) is 23.2 Å². The van der Waals surface area contributed by atoms with Gasteiger partial charge in [-0.1, -0.05) is 41.4 Å². The molecule has 6 heteroatoms. The van der Waals surface area contributed by atoms with Crippen LogP contribution in [0.2, 0.25) is 10.0 Å². The second kappa shape index (κ2) is 6.60. The predicted molar refractivity (Wildman–Crippen MR) is 84.5 cm³/mol. The number of benzene rings is 2. The Morgan fingerprint density at radius 3 is 2.29 bits per heavy atom. The summed E-state index contributed by atoms with van der Waals surface area (Å²) in [7, 11) is -3.45. The maximum atomic E-state index is 12.8. The Balaban J connectivity index is 2.14. The number of rotatable bonds is 4. The van der Waals surface area contributed by atoms with Gasteiger partial charge in [0, 0.05) is 5.41 Å². The minimum Gasteiger partial charge on any atom is -0.224 e. The first kappa shape index (κ1) is 16.0. The summed E-state index contributed by atoms with van der Waals surface area (Å²) in [5.41, 5.74) is 1.15. The monoisotopic (exact) mass is 344 g/mol. The van der Waals surface area contributed by atoms with Crippen LogP contribution in [0.5, 0.6) is 0 Å². The molecular weight excluding hydrogens is 334 g/mol. The molecule has 0 N–H and O–H groups in total. The highest BCUT2D eigenvalue weighted by molar-refractivity contribution is 7.93. The minimum absolute atomic E-state index is 0.179. The second-order valence-corrected chi connectivity index (χ2v) is 7.11. The molecule has 0 spiro atoms. The highest BCUT2D eigenvalue weighted by Crippen LogP contribution is 2.23. The van der Waals surface area contributed by atoms with Crippen LogP contribution in [-0.2, 0) is 15.6 Å². The second-order valence-electron chi connectivity index (χ2n) is 4.41. The number of sulfone groups is 1. The zero-order valence-electron chi connectivity index (χ0n) is 10.8. The standard InChI is InChI=1S/C15H11Cl2FO2S/c16-14-6-3-12(9-15(14)17)10-21(19,20)8-7-11-1-4-13(18)5-2-11/h1-9H,10H2. The van der Waals surface area contributed by atoms with E-state index < -0.39 is 9.84 Å². The van der Waals surface area contributed by atoms with Crippen LogP contribution in [0.15, 0.2) is 47.9 Å². The average Bonchev–Trinajstić information content (AvgIpc) is 2.42. The summed E-state index contributed by atoms with van der Waals surface area (Å²) in [6.45, 7) is 0. The summed E-state index contributed by atoms with van der Waals surface area (Å²) in [5.74, 6) is -0.549. The van der Waals surface area contributed by atoms with Crippen molar-refractivity contribution in [2.24, 2.45) is 0 Å². The molecule has 0 saturated carbocycles. The van der Waals surface area contributed by atoms with Crippen molar-refractivity contribution >= 4 is 39.1 Å². The lowest BCUT2D eigenvalue weighted by atomic mass is 10.2. The van der Waals surface area contributed by atoms with Gasteiger partial charge in [0.2, 0.25) is 0 Å². The van der Waals surface area contributed by atoms with Crippen LogP contribution >= 0.6 is 23.2 Å². The first-order valence-electron chi connectivity index (χ1n) is 5.96. The Morgan fingerprint density at radius 2 is 1.67 bits per heavy atom. The molecular formula is C15H11Cl2FO2S. The largest absolute Gasteiger partial charge is 0.224 e. The van der Waals surface area contributed by atoms with Crippen molar-refractivity contribution in [3.63, 3.8) is 0 Å². The molecule has 0 bridgehead atoms. The lowest BCUT2D eigenvalue weighted by Crippen LogP contribution is -2.00. The lowest BCUT2D eigenvalue weighted by molar-refractivity contribution is 0.604. The topological polar surface area (TPSA) is 34.1 Å². The Hall–Kier alpha value is -1.36. The molecule has 21 heavy (non-hydrogen) atoms. The lowest BCUT2D eigenvalue weighted by Gasteiger charge is -2.02. The molecule has 2 aromatic rings. The van der Waals surface area contributed by atoms with Crippen LogP contribution in [0.4, 0.5) is 4.39 Å². The first-order valence-corrected chi connectivity index (χ1v) is 8.43. The van der Waals surface area contributed by atoms with E-state index in [9.17, 15) is 12.8 Å². The van der Waals surface area contributed by atoms with Gasteiger partial charge < -0.3 is 0 Å². The van der Waals surface area contributed by atoms with E-state index in [1.54, 1.807) is 12.1 Å². The SMILES string of the molecule is O=S(=O)(C=Cc1ccc(F)cc1)Cc1ccc(Cl)c(Cl)c1. The van der Waals surface area contributed by atoms with Gasteiger partial charge >= 0.3 is 0 Å². The average molecular weight is 345 g/mol. The fourth-order valence-electron chi connectivity index (χ4n) is 1.67. The molecule has 0 heterocycles. The highest BCUT2D eigenvalue weighted by Gasteiger charge is 2.09. The van der Waals surface area contributed by atoms with Crippen LogP contribution in [0.25, 0.3) is 6.08 Å². The van der Waals surface area contributed by atoms with Gasteiger partial charge in [-0.3, -0.25) is 0 Å². The molecule has 2 nitrogen and oxygen atoms in total. The molecule has 2 rings (SSSR count). The van der Waals surface area contributed by atoms with Crippen molar-refractivity contribution in [2.45, 2.75) is 5.75 Å². The molecule has 2 aromatic carbocycles. The minimum atomic E-state index is -3.45. The smallest absolute Gasteiger partial charge is 0.175 e. The number of hydrogen-bond acceptors (Lipinski definition) is 2. The van der Waals surface area contributed by atoms with Gasteiger partial charge in [0.05, 0.1) is 15.8 Å². The van der Waals surface area contributed by atoms with Crippen LogP contribution in [0.3, 0.4) is 0 Å². The van der Waals surface area contributed by atoms with E-state index in [0.29, 0.717) is 21.2 Å². The molecule has 0 fully saturated rings. The van der Waals surface area contributed by atoms with Crippen LogP contribution in [0, 0.1) is 5.82 Å². The predicted octanol–water partition coefficient (Wildman–Crippen LogP) is 4.72. The van der Waals surface area contributed by atoms with E-state index in [0.717, 1.165) is 5.41 Å². The van der Waals surface area contributed by atoms with E-state index in [-0.39, 0.29) is 11.6 Å². The molecule has 0 unspecified atom stereocenters. The van der Waals surface area contributed by atoms with Crippen molar-refractivity contribution in [1.29, 1.82) is 0 Å². The molecule has 0 aliphatic heterocycles. The third-order valence-electron chi connectivity index (χ3n) is 2.69. The molecule has 0 saturated heterocycles. The summed E-state index contributed by atoms with van der Waals surface area (Å²) in [4.78, 5) is 0. The zero-order chi connectivity index (χ0) is 15.5. The number of hydrogen-bond donors (Lipinski definition) is 0. The van der Waals surface area contributed by atoms with Gasteiger partial charge in [-0.05, 0) is 41.5 Å². The van der Waals surface area contributed by atoms with Crippen LogP contribution in [-0.4, -0.2) is 8.42 Å². The Labute approximate surface area is 132 Å². The normalized spacial score (nSPS) is 12.0. The third kappa shape index (κ3) is 4.84. The summed E-state index contributed by atoms with van der Waals surface area (Å²) < 4.78 is 36.8. The zero-order valence-corrected chi connectivity index (χ0v) is 13.1. The summed E-state index contributed by atoms with van der Waals surface area (Å²) in [6, 6.07) is 10.2. The summed E-state index contributed by atoms with van der Waals surface area (Å²) in [6.07, 6.45) is 1.42. The van der Waals surface area contributed by atoms with Gasteiger partial charge in [0.1, 0.15) is 5.82 Å². The van der Waals surface area contributed by atoms with Crippen molar-refractivity contribution in [1.82, 2.24) is 0 Å². The van der Waals surface area contributed by atoms with Gasteiger partial charge in [0.15, 0.2) is 9.84 Å². The molecule has 0 aromatic heterocycles. The van der Waals surface area contributed by atoms with Crippen LogP contribution < -0.4 is 0 Å². The third-order valence-corrected chi connectivity index (χ3v) is 4.72. The van der Waals surface area contributed by atoms with Crippen LogP contribution in [0.1, 0.15) is 11.1 Å². The first-order chi connectivity index (χ1) is 9.85. The molecule has 0 radical (unpaired) electrons. The fourth-order valence-corrected chi connectivity index (χ4v) is 3.09. The highest BCUT2D eigenvalue weighted by atomic mass is 35.5. The number of halogens is 3. The molecule has 0 aliphatic rings. The fraction of sp³-hybridized carbons (Fsp3) is 0.0667. The quantitative estimate of drug-likeness (QED) is 0.804. The Bertz CT molecular complexity index is 769. The molecule has 110 valence electrons. The molecule has 0 amide bonds. The van der Waals surface area contributed by atoms with Gasteiger partial charge in [-0.2, -0.15) is 0 Å². The maximum absolute atomic E-state index is 12.8. The van der Waals surface area contributed by atoms with E-state index in [1.807, 2.05) is 0 Å². The summed E-state index contributed by atoms with van der Waals surface area (Å²) in [5, 5.41) is 1.79. The van der Waals surface area contributed by atoms with Gasteiger partial charge in [-0.15, -0.1) is 0 Å². The maximum Gasteiger partial charge on any atom is 0.175 e. The van der Waals surface area contributed by atoms with E-state index in [1.165, 1.54) is 36.4 Å². The van der Waals surface area contributed by atoms with Gasteiger partial charge in [0.25, 0.3) is 0 Å². The van der Waals surface area contributed by atoms with Crippen molar-refractivity contribution in [2.75, 3.05) is 0 Å². The Morgan fingerprint density at radius 1 is 1.00 bits per heavy atom. The molecule has 0 aliphatic carbocycles. The van der Waals surface area contributed by atoms with E-state index >= 15 is 0 Å². The van der Waals surface area contributed by atoms with Crippen molar-refractivity contribution in [3.05, 3.63) is 74.9 Å². The van der Waals surface area contributed by atoms with Gasteiger partial charge in [-0.25, -0.2) is 12.8 Å². The Kier molecular flexibility index (Phi) is 5.04. The van der Waals surface area contributed by atoms with Crippen molar-refractivity contribution < 1.29 is 12.8 Å². The summed E-state index contributed by atoms with van der Waals surface area (Å²) >= 11 is 11.6. The van der Waals surface area contributed by atoms with Crippen molar-refractivity contribution in [3.8, 4) is 0 Å².